The number of nitriles is 1. The summed E-state index contributed by atoms with van der Waals surface area (Å²) in [5.41, 5.74) is 4.29. The highest BCUT2D eigenvalue weighted by atomic mass is 35.5. The van der Waals surface area contributed by atoms with Crippen LogP contribution in [0.15, 0.2) is 36.5 Å². The second-order valence-electron chi connectivity index (χ2n) is 6.33. The maximum absolute atomic E-state index is 9.65. The molecular formula is C19H18ClN5. The summed E-state index contributed by atoms with van der Waals surface area (Å²) >= 11 is 6.23. The molecule has 25 heavy (non-hydrogen) atoms. The van der Waals surface area contributed by atoms with E-state index >= 15 is 0 Å². The fourth-order valence-corrected chi connectivity index (χ4v) is 3.59. The normalized spacial score (nSPS) is 17.6. The van der Waals surface area contributed by atoms with Crippen LogP contribution in [0.5, 0.6) is 0 Å². The van der Waals surface area contributed by atoms with E-state index in [0.29, 0.717) is 16.6 Å². The Bertz CT molecular complexity index is 972. The van der Waals surface area contributed by atoms with Crippen LogP contribution >= 0.6 is 11.6 Å². The fraction of sp³-hybridized carbons (Fsp3) is 0.263. The molecule has 1 aliphatic heterocycles. The number of aromatic nitrogens is 2. The van der Waals surface area contributed by atoms with Gasteiger partial charge in [0.25, 0.3) is 0 Å². The molecule has 3 heterocycles. The SMILES string of the molecule is CC1CNCCN1c1ccc(-c2cc3c(Cl)ccnc3[nH]2)cc1C#N. The van der Waals surface area contributed by atoms with Crippen LogP contribution < -0.4 is 10.2 Å². The zero-order valence-electron chi connectivity index (χ0n) is 13.9. The summed E-state index contributed by atoms with van der Waals surface area (Å²) in [6.07, 6.45) is 1.68. The van der Waals surface area contributed by atoms with Crippen molar-refractivity contribution in [2.75, 3.05) is 24.5 Å². The molecule has 0 bridgehead atoms. The molecule has 6 heteroatoms. The minimum atomic E-state index is 0.364. The number of pyridine rings is 1. The second kappa shape index (κ2) is 6.40. The standard InChI is InChI=1S/C19H18ClN5/c1-12-11-22-6-7-25(12)18-3-2-13(8-14(18)10-21)17-9-15-16(20)4-5-23-19(15)24-17/h2-5,8-9,12,22H,6-7,11H2,1H3,(H,23,24). The van der Waals surface area contributed by atoms with Gasteiger partial charge >= 0.3 is 0 Å². The number of piperazine rings is 1. The van der Waals surface area contributed by atoms with Crippen LogP contribution in [0, 0.1) is 11.3 Å². The molecule has 0 amide bonds. The number of nitrogens with one attached hydrogen (secondary N) is 2. The largest absolute Gasteiger partial charge is 0.365 e. The Morgan fingerprint density at radius 1 is 1.32 bits per heavy atom. The van der Waals surface area contributed by atoms with Crippen LogP contribution in [-0.2, 0) is 0 Å². The molecule has 0 saturated carbocycles. The van der Waals surface area contributed by atoms with Crippen molar-refractivity contribution in [2.24, 2.45) is 0 Å². The Morgan fingerprint density at radius 2 is 2.20 bits per heavy atom. The predicted molar refractivity (Wildman–Crippen MR) is 101 cm³/mol. The number of rotatable bonds is 2. The lowest BCUT2D eigenvalue weighted by atomic mass is 10.0. The van der Waals surface area contributed by atoms with Gasteiger partial charge in [-0.15, -0.1) is 0 Å². The van der Waals surface area contributed by atoms with Gasteiger partial charge in [0.05, 0.1) is 16.3 Å². The van der Waals surface area contributed by atoms with Crippen molar-refractivity contribution in [1.29, 1.82) is 5.26 Å². The van der Waals surface area contributed by atoms with E-state index in [9.17, 15) is 5.26 Å². The van der Waals surface area contributed by atoms with E-state index in [4.69, 9.17) is 11.6 Å². The van der Waals surface area contributed by atoms with Gasteiger partial charge in [-0.25, -0.2) is 4.98 Å². The van der Waals surface area contributed by atoms with E-state index in [1.165, 1.54) is 0 Å². The van der Waals surface area contributed by atoms with Crippen LogP contribution in [-0.4, -0.2) is 35.6 Å². The maximum atomic E-state index is 9.65. The van der Waals surface area contributed by atoms with E-state index in [-0.39, 0.29) is 0 Å². The minimum Gasteiger partial charge on any atom is -0.365 e. The van der Waals surface area contributed by atoms with Gasteiger partial charge in [-0.1, -0.05) is 17.7 Å². The number of benzene rings is 1. The number of hydrogen-bond acceptors (Lipinski definition) is 4. The molecular weight excluding hydrogens is 334 g/mol. The number of aromatic amines is 1. The zero-order valence-corrected chi connectivity index (χ0v) is 14.6. The van der Waals surface area contributed by atoms with E-state index in [2.05, 4.69) is 33.2 Å². The number of H-pyrrole nitrogens is 1. The van der Waals surface area contributed by atoms with Crippen molar-refractivity contribution in [2.45, 2.75) is 13.0 Å². The predicted octanol–water partition coefficient (Wildman–Crippen LogP) is 3.55. The van der Waals surface area contributed by atoms with Gasteiger partial charge in [-0.05, 0) is 36.8 Å². The number of anilines is 1. The van der Waals surface area contributed by atoms with Crippen molar-refractivity contribution in [3.05, 3.63) is 47.1 Å². The van der Waals surface area contributed by atoms with E-state index in [1.54, 1.807) is 12.3 Å². The first kappa shape index (κ1) is 15.9. The van der Waals surface area contributed by atoms with Gasteiger partial charge < -0.3 is 15.2 Å². The molecule has 1 fully saturated rings. The van der Waals surface area contributed by atoms with Crippen molar-refractivity contribution >= 4 is 28.3 Å². The molecule has 1 unspecified atom stereocenters. The van der Waals surface area contributed by atoms with E-state index in [0.717, 1.165) is 47.6 Å². The lowest BCUT2D eigenvalue weighted by Crippen LogP contribution is -2.50. The van der Waals surface area contributed by atoms with Crippen molar-refractivity contribution in [1.82, 2.24) is 15.3 Å². The Morgan fingerprint density at radius 3 is 2.96 bits per heavy atom. The van der Waals surface area contributed by atoms with Gasteiger partial charge in [-0.2, -0.15) is 5.26 Å². The first-order valence-electron chi connectivity index (χ1n) is 8.32. The summed E-state index contributed by atoms with van der Waals surface area (Å²) in [5, 5.41) is 14.6. The second-order valence-corrected chi connectivity index (χ2v) is 6.74. The molecule has 2 N–H and O–H groups in total. The Labute approximate surface area is 151 Å². The third kappa shape index (κ3) is 2.84. The van der Waals surface area contributed by atoms with Gasteiger partial charge in [0.15, 0.2) is 0 Å². The summed E-state index contributed by atoms with van der Waals surface area (Å²) in [6, 6.07) is 12.5. The van der Waals surface area contributed by atoms with Gasteiger partial charge in [0.1, 0.15) is 11.7 Å². The molecule has 1 aromatic carbocycles. The molecule has 1 saturated heterocycles. The van der Waals surface area contributed by atoms with Crippen LogP contribution in [0.2, 0.25) is 5.02 Å². The molecule has 126 valence electrons. The zero-order chi connectivity index (χ0) is 17.4. The molecule has 4 rings (SSSR count). The third-order valence-corrected chi connectivity index (χ3v) is 5.05. The summed E-state index contributed by atoms with van der Waals surface area (Å²) in [6.45, 7) is 4.94. The van der Waals surface area contributed by atoms with Crippen LogP contribution in [0.1, 0.15) is 12.5 Å². The van der Waals surface area contributed by atoms with Gasteiger partial charge in [-0.3, -0.25) is 0 Å². The molecule has 5 nitrogen and oxygen atoms in total. The molecule has 2 aromatic heterocycles. The first-order valence-corrected chi connectivity index (χ1v) is 8.70. The summed E-state index contributed by atoms with van der Waals surface area (Å²) in [4.78, 5) is 9.89. The number of nitrogens with zero attached hydrogens (tertiary/aromatic N) is 3. The van der Waals surface area contributed by atoms with Crippen LogP contribution in [0.3, 0.4) is 0 Å². The highest BCUT2D eigenvalue weighted by molar-refractivity contribution is 6.35. The quantitative estimate of drug-likeness (QED) is 0.740. The maximum Gasteiger partial charge on any atom is 0.139 e. The summed E-state index contributed by atoms with van der Waals surface area (Å²) in [5.74, 6) is 0. The molecule has 1 atom stereocenters. The van der Waals surface area contributed by atoms with E-state index in [1.807, 2.05) is 24.3 Å². The third-order valence-electron chi connectivity index (χ3n) is 4.72. The number of halogens is 1. The Hall–Kier alpha value is -2.55. The highest BCUT2D eigenvalue weighted by Crippen LogP contribution is 2.31. The molecule has 0 spiro atoms. The summed E-state index contributed by atoms with van der Waals surface area (Å²) < 4.78 is 0. The summed E-state index contributed by atoms with van der Waals surface area (Å²) in [7, 11) is 0. The van der Waals surface area contributed by atoms with Gasteiger partial charge in [0.2, 0.25) is 0 Å². The molecule has 0 radical (unpaired) electrons. The topological polar surface area (TPSA) is 67.7 Å². The van der Waals surface area contributed by atoms with Crippen molar-refractivity contribution < 1.29 is 0 Å². The smallest absolute Gasteiger partial charge is 0.139 e. The lowest BCUT2D eigenvalue weighted by molar-refractivity contribution is 0.500. The average Bonchev–Trinajstić information content (AvgIpc) is 3.07. The Balaban J connectivity index is 1.76. The Kier molecular flexibility index (Phi) is 4.08. The number of fused-ring (bicyclic) bond motifs is 1. The van der Waals surface area contributed by atoms with Gasteiger partial charge in [0, 0.05) is 43.0 Å². The molecule has 3 aromatic rings. The van der Waals surface area contributed by atoms with Crippen molar-refractivity contribution in [3.63, 3.8) is 0 Å². The van der Waals surface area contributed by atoms with Crippen LogP contribution in [0.4, 0.5) is 5.69 Å². The molecule has 1 aliphatic rings. The monoisotopic (exact) mass is 351 g/mol. The number of hydrogen-bond donors (Lipinski definition) is 2. The van der Waals surface area contributed by atoms with Crippen LogP contribution in [0.25, 0.3) is 22.3 Å². The lowest BCUT2D eigenvalue weighted by Gasteiger charge is -2.36. The highest BCUT2D eigenvalue weighted by Gasteiger charge is 2.21. The minimum absolute atomic E-state index is 0.364. The first-order chi connectivity index (χ1) is 12.2. The average molecular weight is 352 g/mol. The fourth-order valence-electron chi connectivity index (χ4n) is 3.39. The molecule has 0 aliphatic carbocycles. The van der Waals surface area contributed by atoms with E-state index < -0.39 is 0 Å². The van der Waals surface area contributed by atoms with Crippen molar-refractivity contribution in [3.8, 4) is 17.3 Å².